The standard InChI is InChI=1S/C20H19N7O2/c1-29-11-10-23-20(28)16-17-19(26-15-8-3-2-7-14(15)25-17)27(18(16)21)24-12-13-6-4-5-9-22-13/h2-9,12H,10-11,21H2,1H3,(H,23,28)/b24-12+. The van der Waals surface area contributed by atoms with Crippen molar-refractivity contribution in [3.8, 4) is 0 Å². The average Bonchev–Trinajstić information content (AvgIpc) is 3.01. The van der Waals surface area contributed by atoms with E-state index in [1.165, 1.54) is 4.68 Å². The van der Waals surface area contributed by atoms with Crippen LogP contribution in [0.3, 0.4) is 0 Å². The molecule has 0 aliphatic heterocycles. The van der Waals surface area contributed by atoms with Gasteiger partial charge in [0.25, 0.3) is 5.91 Å². The SMILES string of the molecule is COCCNC(=O)c1c(N)n(/N=C/c2ccccn2)c2nc3ccccc3nc12. The van der Waals surface area contributed by atoms with Crippen molar-refractivity contribution in [2.75, 3.05) is 26.0 Å². The number of nitrogens with one attached hydrogen (secondary N) is 1. The molecule has 0 fully saturated rings. The van der Waals surface area contributed by atoms with Crippen molar-refractivity contribution >= 4 is 40.1 Å². The van der Waals surface area contributed by atoms with E-state index < -0.39 is 0 Å². The van der Waals surface area contributed by atoms with Gasteiger partial charge in [-0.05, 0) is 24.3 Å². The Hall–Kier alpha value is -3.85. The van der Waals surface area contributed by atoms with Crippen molar-refractivity contribution in [1.82, 2.24) is 24.9 Å². The number of carbonyl (C=O) groups excluding carboxylic acids is 1. The van der Waals surface area contributed by atoms with Crippen LogP contribution in [0.1, 0.15) is 16.1 Å². The molecular weight excluding hydrogens is 370 g/mol. The summed E-state index contributed by atoms with van der Waals surface area (Å²) in [7, 11) is 1.57. The second-order valence-electron chi connectivity index (χ2n) is 6.20. The van der Waals surface area contributed by atoms with Gasteiger partial charge >= 0.3 is 0 Å². The molecule has 0 saturated heterocycles. The molecule has 9 heteroatoms. The van der Waals surface area contributed by atoms with Crippen molar-refractivity contribution in [2.24, 2.45) is 5.10 Å². The highest BCUT2D eigenvalue weighted by Crippen LogP contribution is 2.27. The Bertz CT molecular complexity index is 1200. The number of anilines is 1. The fourth-order valence-electron chi connectivity index (χ4n) is 2.91. The van der Waals surface area contributed by atoms with Crippen molar-refractivity contribution < 1.29 is 9.53 Å². The summed E-state index contributed by atoms with van der Waals surface area (Å²) in [5, 5.41) is 7.19. The number of fused-ring (bicyclic) bond motifs is 2. The minimum atomic E-state index is -0.360. The number of nitrogen functional groups attached to an aromatic ring is 1. The topological polar surface area (TPSA) is 120 Å². The molecule has 146 valence electrons. The molecule has 0 bridgehead atoms. The number of pyridine rings is 1. The van der Waals surface area contributed by atoms with Gasteiger partial charge in [0, 0.05) is 19.9 Å². The lowest BCUT2D eigenvalue weighted by Gasteiger charge is -2.04. The quantitative estimate of drug-likeness (QED) is 0.383. The number of methoxy groups -OCH3 is 1. The lowest BCUT2D eigenvalue weighted by atomic mass is 10.2. The van der Waals surface area contributed by atoms with Gasteiger partial charge in [0.1, 0.15) is 16.9 Å². The number of nitrogens with zero attached hydrogens (tertiary/aromatic N) is 5. The van der Waals surface area contributed by atoms with Gasteiger partial charge in [-0.25, -0.2) is 9.97 Å². The summed E-state index contributed by atoms with van der Waals surface area (Å²) < 4.78 is 6.40. The fraction of sp³-hybridized carbons (Fsp3) is 0.150. The van der Waals surface area contributed by atoms with E-state index in [0.717, 1.165) is 0 Å². The van der Waals surface area contributed by atoms with Gasteiger partial charge in [-0.3, -0.25) is 9.78 Å². The molecule has 4 rings (SSSR count). The predicted octanol–water partition coefficient (Wildman–Crippen LogP) is 1.82. The summed E-state index contributed by atoms with van der Waals surface area (Å²) in [6.07, 6.45) is 3.22. The van der Waals surface area contributed by atoms with Gasteiger partial charge in [0.05, 0.1) is 29.5 Å². The molecule has 1 amide bonds. The van der Waals surface area contributed by atoms with Crippen LogP contribution in [-0.2, 0) is 4.74 Å². The van der Waals surface area contributed by atoms with E-state index in [4.69, 9.17) is 10.5 Å². The Labute approximate surface area is 166 Å². The van der Waals surface area contributed by atoms with Crippen LogP contribution in [-0.4, -0.2) is 52.0 Å². The number of carbonyl (C=O) groups is 1. The van der Waals surface area contributed by atoms with Crippen LogP contribution in [0.2, 0.25) is 0 Å². The van der Waals surface area contributed by atoms with Crippen molar-refractivity contribution in [3.05, 3.63) is 59.9 Å². The van der Waals surface area contributed by atoms with Crippen molar-refractivity contribution in [3.63, 3.8) is 0 Å². The summed E-state index contributed by atoms with van der Waals surface area (Å²) in [5.41, 5.74) is 9.30. The first-order valence-electron chi connectivity index (χ1n) is 8.98. The number of amides is 1. The Morgan fingerprint density at radius 2 is 1.97 bits per heavy atom. The van der Waals surface area contributed by atoms with Crippen LogP contribution in [0.4, 0.5) is 5.82 Å². The number of ether oxygens (including phenoxy) is 1. The van der Waals surface area contributed by atoms with E-state index in [9.17, 15) is 4.79 Å². The molecule has 3 heterocycles. The zero-order valence-corrected chi connectivity index (χ0v) is 15.7. The Morgan fingerprint density at radius 3 is 2.69 bits per heavy atom. The lowest BCUT2D eigenvalue weighted by molar-refractivity contribution is 0.0939. The Kier molecular flexibility index (Phi) is 5.12. The van der Waals surface area contributed by atoms with Crippen LogP contribution in [0.25, 0.3) is 22.2 Å². The van der Waals surface area contributed by atoms with Crippen LogP contribution in [0.5, 0.6) is 0 Å². The average molecular weight is 389 g/mol. The third-order valence-corrected chi connectivity index (χ3v) is 4.29. The molecule has 0 aliphatic rings. The van der Waals surface area contributed by atoms with Gasteiger partial charge in [-0.15, -0.1) is 0 Å². The maximum absolute atomic E-state index is 12.8. The monoisotopic (exact) mass is 389 g/mol. The third kappa shape index (κ3) is 3.63. The van der Waals surface area contributed by atoms with E-state index in [-0.39, 0.29) is 17.3 Å². The molecule has 3 N–H and O–H groups in total. The number of aromatic nitrogens is 4. The molecule has 29 heavy (non-hydrogen) atoms. The van der Waals surface area contributed by atoms with Gasteiger partial charge in [0.15, 0.2) is 5.65 Å². The van der Waals surface area contributed by atoms with Crippen LogP contribution in [0.15, 0.2) is 53.8 Å². The fourth-order valence-corrected chi connectivity index (χ4v) is 2.91. The molecule has 4 aromatic rings. The molecule has 9 nitrogen and oxygen atoms in total. The number of benzene rings is 1. The molecule has 0 spiro atoms. The molecule has 1 aromatic carbocycles. The second-order valence-corrected chi connectivity index (χ2v) is 6.20. The largest absolute Gasteiger partial charge is 0.383 e. The van der Waals surface area contributed by atoms with Gasteiger partial charge in [0.2, 0.25) is 0 Å². The first kappa shape index (κ1) is 18.5. The van der Waals surface area contributed by atoms with E-state index in [1.54, 1.807) is 19.5 Å². The Morgan fingerprint density at radius 1 is 1.21 bits per heavy atom. The predicted molar refractivity (Wildman–Crippen MR) is 111 cm³/mol. The van der Waals surface area contributed by atoms with E-state index in [0.29, 0.717) is 41.0 Å². The number of rotatable bonds is 6. The molecule has 0 unspecified atom stereocenters. The summed E-state index contributed by atoms with van der Waals surface area (Å²) in [5.74, 6) is -0.210. The van der Waals surface area contributed by atoms with Crippen LogP contribution in [0, 0.1) is 0 Å². The molecule has 0 atom stereocenters. The summed E-state index contributed by atoms with van der Waals surface area (Å²) >= 11 is 0. The summed E-state index contributed by atoms with van der Waals surface area (Å²) in [6.45, 7) is 0.733. The zero-order valence-electron chi connectivity index (χ0n) is 15.7. The number of nitrogens with two attached hydrogens (primary N) is 1. The minimum Gasteiger partial charge on any atom is -0.383 e. The van der Waals surface area contributed by atoms with Gasteiger partial charge in [-0.2, -0.15) is 9.78 Å². The first-order chi connectivity index (χ1) is 14.2. The smallest absolute Gasteiger partial charge is 0.257 e. The molecular formula is C20H19N7O2. The molecule has 0 saturated carbocycles. The first-order valence-corrected chi connectivity index (χ1v) is 8.98. The van der Waals surface area contributed by atoms with E-state index >= 15 is 0 Å². The van der Waals surface area contributed by atoms with Crippen LogP contribution < -0.4 is 11.1 Å². The zero-order chi connectivity index (χ0) is 20.2. The van der Waals surface area contributed by atoms with E-state index in [2.05, 4.69) is 25.4 Å². The highest BCUT2D eigenvalue weighted by Gasteiger charge is 2.23. The normalized spacial score (nSPS) is 11.5. The second kappa shape index (κ2) is 8.03. The minimum absolute atomic E-state index is 0.150. The number of hydrogen-bond acceptors (Lipinski definition) is 7. The maximum atomic E-state index is 12.8. The maximum Gasteiger partial charge on any atom is 0.257 e. The summed E-state index contributed by atoms with van der Waals surface area (Å²) in [4.78, 5) is 26.2. The van der Waals surface area contributed by atoms with Gasteiger partial charge in [-0.1, -0.05) is 18.2 Å². The van der Waals surface area contributed by atoms with Crippen molar-refractivity contribution in [2.45, 2.75) is 0 Å². The number of para-hydroxylation sites is 2. The Balaban J connectivity index is 1.87. The molecule has 0 radical (unpaired) electrons. The molecule has 0 aliphatic carbocycles. The van der Waals surface area contributed by atoms with E-state index in [1.807, 2.05) is 42.5 Å². The third-order valence-electron chi connectivity index (χ3n) is 4.29. The highest BCUT2D eigenvalue weighted by molar-refractivity contribution is 6.10. The van der Waals surface area contributed by atoms with Gasteiger partial charge < -0.3 is 15.8 Å². The summed E-state index contributed by atoms with van der Waals surface area (Å²) in [6, 6.07) is 12.9. The van der Waals surface area contributed by atoms with Crippen molar-refractivity contribution in [1.29, 1.82) is 0 Å². The molecule has 3 aromatic heterocycles. The highest BCUT2D eigenvalue weighted by atomic mass is 16.5. The number of hydrogen-bond donors (Lipinski definition) is 2. The lowest BCUT2D eigenvalue weighted by Crippen LogP contribution is -2.27. The van der Waals surface area contributed by atoms with Crippen LogP contribution >= 0.6 is 0 Å².